The molecular formula is C26H19N2O5+. The Labute approximate surface area is 189 Å². The number of ether oxygens (including phenoxy) is 2. The number of hydrogen-bond donors (Lipinski definition) is 1. The molecule has 0 bridgehead atoms. The normalized spacial score (nSPS) is 10.2. The molecule has 0 fully saturated rings. The zero-order valence-electron chi connectivity index (χ0n) is 17.4. The number of nitrogens with one attached hydrogen (secondary N) is 1. The summed E-state index contributed by atoms with van der Waals surface area (Å²) in [6.07, 6.45) is 0. The van der Waals surface area contributed by atoms with Crippen LogP contribution in [0, 0.1) is 4.91 Å². The second-order valence-corrected chi connectivity index (χ2v) is 6.94. The molecule has 4 rings (SSSR count). The SMILES string of the molecule is O=C(Oc1cccc(N[N+](=O)c2cccc(OC(=O)c3ccccc3)c2)c1)c1ccccc1. The highest BCUT2D eigenvalue weighted by molar-refractivity contribution is 5.91. The third-order valence-electron chi connectivity index (χ3n) is 4.56. The maximum Gasteiger partial charge on any atom is 0.343 e. The predicted molar refractivity (Wildman–Crippen MR) is 123 cm³/mol. The van der Waals surface area contributed by atoms with Crippen molar-refractivity contribution >= 4 is 23.3 Å². The molecule has 0 aliphatic rings. The van der Waals surface area contributed by atoms with E-state index in [4.69, 9.17) is 9.47 Å². The van der Waals surface area contributed by atoms with Gasteiger partial charge in [-0.15, -0.1) is 5.43 Å². The first-order valence-electron chi connectivity index (χ1n) is 10.1. The Morgan fingerprint density at radius 3 is 1.70 bits per heavy atom. The van der Waals surface area contributed by atoms with E-state index >= 15 is 0 Å². The number of hydrazine groups is 1. The first-order chi connectivity index (χ1) is 16.1. The van der Waals surface area contributed by atoms with Crippen LogP contribution in [-0.2, 0) is 0 Å². The van der Waals surface area contributed by atoms with Gasteiger partial charge >= 0.3 is 11.9 Å². The molecule has 1 N–H and O–H groups in total. The number of nitroso groups, excluding NO2 is 1. The van der Waals surface area contributed by atoms with Crippen LogP contribution in [0.1, 0.15) is 20.7 Å². The third-order valence-corrected chi connectivity index (χ3v) is 4.56. The highest BCUT2D eigenvalue weighted by Crippen LogP contribution is 2.23. The van der Waals surface area contributed by atoms with Gasteiger partial charge in [-0.3, -0.25) is 0 Å². The van der Waals surface area contributed by atoms with Crippen molar-refractivity contribution in [3.05, 3.63) is 125 Å². The van der Waals surface area contributed by atoms with Crippen LogP contribution in [0.2, 0.25) is 0 Å². The van der Waals surface area contributed by atoms with Gasteiger partial charge in [0.2, 0.25) is 0 Å². The Morgan fingerprint density at radius 1 is 0.606 bits per heavy atom. The summed E-state index contributed by atoms with van der Waals surface area (Å²) in [5, 5.41) is 0. The fourth-order valence-corrected chi connectivity index (χ4v) is 2.96. The lowest BCUT2D eigenvalue weighted by molar-refractivity contribution is -0.427. The average molecular weight is 439 g/mol. The Kier molecular flexibility index (Phi) is 6.51. The van der Waals surface area contributed by atoms with Crippen molar-refractivity contribution in [2.45, 2.75) is 0 Å². The molecule has 0 aliphatic carbocycles. The van der Waals surface area contributed by atoms with Crippen molar-refractivity contribution in [3.63, 3.8) is 0 Å². The summed E-state index contributed by atoms with van der Waals surface area (Å²) >= 11 is 0. The van der Waals surface area contributed by atoms with Crippen molar-refractivity contribution in [1.29, 1.82) is 0 Å². The molecule has 7 heteroatoms. The standard InChI is InChI=1S/C26H19N2O5/c29-25(19-9-3-1-4-10-19)32-23-15-7-13-21(17-23)27-28(31)22-14-8-16-24(18-22)33-26(30)20-11-5-2-6-12-20/h1-18H,(H,27,31)/q+1. The van der Waals surface area contributed by atoms with Gasteiger partial charge < -0.3 is 9.47 Å². The van der Waals surface area contributed by atoms with Crippen LogP contribution in [0.3, 0.4) is 0 Å². The fraction of sp³-hybridized carbons (Fsp3) is 0. The van der Waals surface area contributed by atoms with Gasteiger partial charge in [-0.25, -0.2) is 9.59 Å². The van der Waals surface area contributed by atoms with E-state index in [-0.39, 0.29) is 17.2 Å². The zero-order valence-corrected chi connectivity index (χ0v) is 17.4. The summed E-state index contributed by atoms with van der Waals surface area (Å²) in [7, 11) is 0. The molecule has 0 atom stereocenters. The molecular weight excluding hydrogens is 420 g/mol. The van der Waals surface area contributed by atoms with Gasteiger partial charge in [0, 0.05) is 12.1 Å². The lowest BCUT2D eigenvalue weighted by atomic mass is 10.2. The monoisotopic (exact) mass is 439 g/mol. The molecule has 0 heterocycles. The quantitative estimate of drug-likeness (QED) is 0.176. The zero-order chi connectivity index (χ0) is 23.0. The van der Waals surface area contributed by atoms with Gasteiger partial charge in [-0.1, -0.05) is 48.5 Å². The minimum Gasteiger partial charge on any atom is -0.423 e. The Balaban J connectivity index is 1.42. The maximum absolute atomic E-state index is 12.6. The number of benzene rings is 4. The van der Waals surface area contributed by atoms with Crippen molar-refractivity contribution in [3.8, 4) is 11.5 Å². The van der Waals surface area contributed by atoms with Gasteiger partial charge in [0.15, 0.2) is 4.87 Å². The average Bonchev–Trinajstić information content (AvgIpc) is 2.85. The van der Waals surface area contributed by atoms with Crippen LogP contribution in [0.25, 0.3) is 0 Å². The number of anilines is 1. The summed E-state index contributed by atoms with van der Waals surface area (Å²) in [5.41, 5.74) is 4.13. The molecule has 0 unspecified atom stereocenters. The Morgan fingerprint density at radius 2 is 1.12 bits per heavy atom. The van der Waals surface area contributed by atoms with E-state index in [1.165, 1.54) is 12.1 Å². The number of carbonyl (C=O) groups is 2. The predicted octanol–water partition coefficient (Wildman–Crippen LogP) is 5.56. The van der Waals surface area contributed by atoms with Crippen LogP contribution < -0.4 is 14.9 Å². The molecule has 162 valence electrons. The maximum atomic E-state index is 12.6. The highest BCUT2D eigenvalue weighted by atomic mass is 16.5. The van der Waals surface area contributed by atoms with Crippen LogP contribution in [0.5, 0.6) is 11.5 Å². The second-order valence-electron chi connectivity index (χ2n) is 6.94. The van der Waals surface area contributed by atoms with Crippen molar-refractivity contribution in [1.82, 2.24) is 0 Å². The number of rotatable bonds is 7. The highest BCUT2D eigenvalue weighted by Gasteiger charge is 2.18. The molecule has 4 aromatic rings. The van der Waals surface area contributed by atoms with E-state index in [9.17, 15) is 14.5 Å². The van der Waals surface area contributed by atoms with Gasteiger partial charge in [0.1, 0.15) is 17.2 Å². The summed E-state index contributed by atoms with van der Waals surface area (Å²) in [6.45, 7) is 0. The topological polar surface area (TPSA) is 84.7 Å². The van der Waals surface area contributed by atoms with E-state index in [1.807, 2.05) is 6.07 Å². The Hall–Kier alpha value is -4.78. The number of hydrogen-bond acceptors (Lipinski definition) is 5. The minimum absolute atomic E-state index is 0.222. The second kappa shape index (κ2) is 10.0. The lowest BCUT2D eigenvalue weighted by Gasteiger charge is -2.06. The van der Waals surface area contributed by atoms with Crippen molar-refractivity contribution in [2.75, 3.05) is 5.43 Å². The van der Waals surface area contributed by atoms with Crippen LogP contribution in [0.4, 0.5) is 11.4 Å². The van der Waals surface area contributed by atoms with E-state index in [0.29, 0.717) is 21.7 Å². The minimum atomic E-state index is -0.522. The molecule has 0 aliphatic heterocycles. The molecule has 33 heavy (non-hydrogen) atoms. The van der Waals surface area contributed by atoms with Gasteiger partial charge in [0.05, 0.1) is 22.1 Å². The van der Waals surface area contributed by atoms with E-state index in [0.717, 1.165) is 0 Å². The van der Waals surface area contributed by atoms with Gasteiger partial charge in [0.25, 0.3) is 5.69 Å². The van der Waals surface area contributed by atoms with Crippen LogP contribution in [-0.4, -0.2) is 16.8 Å². The smallest absolute Gasteiger partial charge is 0.343 e. The lowest BCUT2D eigenvalue weighted by Crippen LogP contribution is -2.12. The largest absolute Gasteiger partial charge is 0.423 e. The van der Waals surface area contributed by atoms with Crippen LogP contribution in [0.15, 0.2) is 109 Å². The number of nitrogens with zero attached hydrogens (tertiary/aromatic N) is 1. The van der Waals surface area contributed by atoms with Gasteiger partial charge in [-0.2, -0.15) is 0 Å². The Bertz CT molecular complexity index is 1290. The van der Waals surface area contributed by atoms with E-state index in [1.54, 1.807) is 91.0 Å². The summed E-state index contributed by atoms with van der Waals surface area (Å²) in [5.74, 6) is -0.506. The number of carbonyl (C=O) groups excluding carboxylic acids is 2. The van der Waals surface area contributed by atoms with E-state index < -0.39 is 11.9 Å². The first kappa shape index (κ1) is 21.5. The third kappa shape index (κ3) is 5.68. The van der Waals surface area contributed by atoms with Gasteiger partial charge in [-0.05, 0) is 42.5 Å². The molecule has 0 spiro atoms. The fourth-order valence-electron chi connectivity index (χ4n) is 2.96. The van der Waals surface area contributed by atoms with Crippen LogP contribution >= 0.6 is 0 Å². The molecule has 0 radical (unpaired) electrons. The molecule has 0 saturated heterocycles. The summed E-state index contributed by atoms with van der Waals surface area (Å²) in [4.78, 5) is 37.6. The molecule has 7 nitrogen and oxygen atoms in total. The van der Waals surface area contributed by atoms with Crippen molar-refractivity contribution < 1.29 is 23.9 Å². The van der Waals surface area contributed by atoms with E-state index in [2.05, 4.69) is 5.43 Å². The molecule has 0 saturated carbocycles. The first-order valence-corrected chi connectivity index (χ1v) is 10.1. The molecule has 0 aromatic heterocycles. The molecule has 4 aromatic carbocycles. The number of esters is 2. The molecule has 0 amide bonds. The van der Waals surface area contributed by atoms with Crippen molar-refractivity contribution in [2.24, 2.45) is 0 Å². The summed E-state index contributed by atoms with van der Waals surface area (Å²) in [6, 6.07) is 29.8. The summed E-state index contributed by atoms with van der Waals surface area (Å²) < 4.78 is 10.7.